The van der Waals surface area contributed by atoms with Crippen LogP contribution < -0.4 is 20.4 Å². The second-order valence-corrected chi connectivity index (χ2v) is 27.8. The van der Waals surface area contributed by atoms with Crippen LogP contribution >= 0.6 is 0 Å². The van der Waals surface area contributed by atoms with Crippen LogP contribution in [0.25, 0.3) is 0 Å². The number of carbonyl (C=O) groups is 5. The number of nitrogens with zero attached hydrogens (tertiary/aromatic N) is 4. The smallest absolute Gasteiger partial charge is 0.333 e. The Morgan fingerprint density at radius 3 is 1.70 bits per heavy atom. The molecule has 24 heteroatoms. The number of carbonyl (C=O) groups excluding carboxylic acids is 5. The third-order valence-corrected chi connectivity index (χ3v) is 19.7. The number of hydrogen-bond acceptors (Lipinski definition) is 15. The summed E-state index contributed by atoms with van der Waals surface area (Å²) in [6.07, 6.45) is 28.6. The molecule has 0 aliphatic carbocycles. The molecule has 0 saturated carbocycles. The maximum absolute atomic E-state index is 13.0. The number of aliphatic hydroxyl groups is 1. The first-order valence-electron chi connectivity index (χ1n) is 32.8. The minimum atomic E-state index is -4.62. The van der Waals surface area contributed by atoms with Gasteiger partial charge in [-0.15, -0.1) is 9.79 Å². The van der Waals surface area contributed by atoms with E-state index >= 15 is 0 Å². The summed E-state index contributed by atoms with van der Waals surface area (Å²) in [5.74, 6) is -2.62. The molecule has 22 nitrogen and oxygen atoms in total. The van der Waals surface area contributed by atoms with Gasteiger partial charge in [0.25, 0.3) is 26.1 Å². The molecular weight excluding hydrogens is 1210 g/mol. The van der Waals surface area contributed by atoms with E-state index in [0.717, 1.165) is 79.2 Å². The molecule has 500 valence electrons. The Morgan fingerprint density at radius 2 is 1.13 bits per heavy atom. The molecule has 3 atom stereocenters. The van der Waals surface area contributed by atoms with Gasteiger partial charge < -0.3 is 40.5 Å². The van der Waals surface area contributed by atoms with E-state index in [2.05, 4.69) is 20.1 Å². The number of aromatic nitrogens is 1. The lowest BCUT2D eigenvalue weighted by Gasteiger charge is -2.30. The van der Waals surface area contributed by atoms with Gasteiger partial charge in [0.05, 0.1) is 15.2 Å². The maximum Gasteiger partial charge on any atom is 0.333 e. The second kappa shape index (κ2) is 34.2. The third kappa shape index (κ3) is 20.3. The molecule has 1 saturated heterocycles. The first kappa shape index (κ1) is 71.6. The Hall–Kier alpha value is -6.86. The van der Waals surface area contributed by atoms with Crippen molar-refractivity contribution >= 4 is 67.0 Å². The van der Waals surface area contributed by atoms with E-state index in [0.29, 0.717) is 145 Å². The van der Waals surface area contributed by atoms with Crippen LogP contribution in [0.2, 0.25) is 0 Å². The van der Waals surface area contributed by atoms with Crippen molar-refractivity contribution in [3.63, 3.8) is 0 Å². The predicted octanol–water partition coefficient (Wildman–Crippen LogP) is 10.7. The van der Waals surface area contributed by atoms with Gasteiger partial charge in [0, 0.05) is 111 Å². The molecule has 7 N–H and O–H groups in total. The number of hydroxylamine groups is 2. The number of fused-ring (bicyclic) bond motifs is 6. The van der Waals surface area contributed by atoms with Crippen molar-refractivity contribution in [2.75, 3.05) is 31.1 Å². The van der Waals surface area contributed by atoms with Crippen molar-refractivity contribution in [2.45, 2.75) is 233 Å². The molecule has 3 aromatic rings. The van der Waals surface area contributed by atoms with Crippen LogP contribution in [0, 0.1) is 0 Å². The summed E-state index contributed by atoms with van der Waals surface area (Å²) >= 11 is 0. The Balaban J connectivity index is 1.19. The van der Waals surface area contributed by atoms with Crippen molar-refractivity contribution in [3.05, 3.63) is 95.7 Å². The Morgan fingerprint density at radius 1 is 0.604 bits per heavy atom. The van der Waals surface area contributed by atoms with Crippen molar-refractivity contribution < 1.29 is 79.5 Å². The summed E-state index contributed by atoms with van der Waals surface area (Å²) in [5.41, 5.74) is 2.94. The number of hydrogen-bond donors (Lipinski definition) is 7. The van der Waals surface area contributed by atoms with E-state index in [-0.39, 0.29) is 47.3 Å². The van der Waals surface area contributed by atoms with Crippen LogP contribution in [-0.4, -0.2) is 123 Å². The molecule has 91 heavy (non-hydrogen) atoms. The topological polar surface area (TPSA) is 312 Å². The lowest BCUT2D eigenvalue weighted by Crippen LogP contribution is -2.35. The number of amides is 3. The van der Waals surface area contributed by atoms with E-state index in [1.165, 1.54) is 49.2 Å². The van der Waals surface area contributed by atoms with E-state index in [1.807, 2.05) is 44.2 Å². The normalized spacial score (nSPS) is 22.0. The fraction of sp³-hybridized carbons (Fsp3) is 0.582. The number of aromatic hydroxyl groups is 2. The lowest BCUT2D eigenvalue weighted by molar-refractivity contribution is -0.438. The number of unbranched alkanes of at least 4 members (excludes halogenated alkanes) is 4. The number of allylic oxidation sites excluding steroid dienone is 6. The molecule has 0 spiro atoms. The molecule has 3 amide bonds. The van der Waals surface area contributed by atoms with E-state index < -0.39 is 66.9 Å². The van der Waals surface area contributed by atoms with Gasteiger partial charge >= 0.3 is 11.9 Å². The van der Waals surface area contributed by atoms with Crippen molar-refractivity contribution in [2.24, 2.45) is 0 Å². The molecule has 4 aliphatic heterocycles. The summed E-state index contributed by atoms with van der Waals surface area (Å²) in [5, 5.41) is 37.0. The number of aliphatic hydroxyl groups excluding tert-OH is 1. The Bertz CT molecular complexity index is 3360. The molecule has 2 aromatic carbocycles. The van der Waals surface area contributed by atoms with Crippen LogP contribution in [0.4, 0.5) is 11.4 Å². The zero-order chi connectivity index (χ0) is 65.6. The fourth-order valence-electron chi connectivity index (χ4n) is 12.9. The average Bonchev–Trinajstić information content (AvgIpc) is 1.60. The third-order valence-electron chi connectivity index (χ3n) is 18.0. The van der Waals surface area contributed by atoms with Crippen molar-refractivity contribution in [3.8, 4) is 11.8 Å². The predicted molar refractivity (Wildman–Crippen MR) is 344 cm³/mol. The van der Waals surface area contributed by atoms with E-state index in [9.17, 15) is 65.2 Å². The molecule has 7 rings (SSSR count). The van der Waals surface area contributed by atoms with Gasteiger partial charge in [-0.2, -0.15) is 21.4 Å². The molecule has 1 fully saturated rings. The van der Waals surface area contributed by atoms with Gasteiger partial charge in [-0.1, -0.05) is 102 Å². The van der Waals surface area contributed by atoms with E-state index in [4.69, 9.17) is 9.68 Å². The zero-order valence-electron chi connectivity index (χ0n) is 53.0. The van der Waals surface area contributed by atoms with Gasteiger partial charge in [0.2, 0.25) is 29.3 Å². The Labute approximate surface area is 536 Å². The summed E-state index contributed by atoms with van der Waals surface area (Å²) in [6.45, 7) is 6.24. The molecule has 1 aromatic heterocycles. The molecular formula is C67H95N6O16S2+. The number of rotatable bonds is 16. The first-order chi connectivity index (χ1) is 43.5. The summed E-state index contributed by atoms with van der Waals surface area (Å²) in [7, 11) is -9.23. The van der Waals surface area contributed by atoms with Crippen LogP contribution in [0.3, 0.4) is 0 Å². The number of nitrogens with one attached hydrogen (secondary N) is 2. The van der Waals surface area contributed by atoms with Gasteiger partial charge in [-0.25, -0.2) is 9.59 Å². The van der Waals surface area contributed by atoms with Crippen molar-refractivity contribution in [1.29, 1.82) is 0 Å². The molecule has 3 unspecified atom stereocenters. The minimum absolute atomic E-state index is 0.00260. The SMILES string of the molecule is CC12CCCCCC(=O)NCCCCCCCCCCCCNC(=O)CCCCCC3(C)C(=[N+](CCCCCC(=O)On4c(O)ccc4O)c4ccc(S(=O)(=O)O)cc43)C=CC=CC=C1N(CCCCCC(=O)ON1C(=O)CCC1O)c1ccc(S(=O)(=O)O)cc12. The molecule has 4 aliphatic rings. The fourth-order valence-corrected chi connectivity index (χ4v) is 13.9. The lowest BCUT2D eigenvalue weighted by atomic mass is 9.75. The standard InChI is InChI=1S/C67H94N6O16S2/c1-66-42-22-12-18-30-58(74)68-44-24-9-7-5-3-4-6-8-10-25-45-69-59(75)31-19-13-23-43-67(2)53-49-51(91(85,86)87)35-37-55(53)71(47-27-15-21-33-65(81)89-73-62(78)40-41-63(73)79)57(67)29-17-11-16-28-56(66)70(54-36-34-50(48-52(54)66)90(82,83)84)46-26-14-20-32-64(80)88-72-60(76)38-39-61(72)77/h11,16-17,28-29,34-39,48-49,62,78H,3-10,12-15,18-27,30-33,40-47H2,1-2H3,(H5-,68,69,74,75,76,77,82,83,84,85,86,87)/p+1. The van der Waals surface area contributed by atoms with Gasteiger partial charge in [0.15, 0.2) is 11.9 Å². The minimum Gasteiger partial charge on any atom is -0.492 e. The van der Waals surface area contributed by atoms with E-state index in [1.54, 1.807) is 12.1 Å². The highest BCUT2D eigenvalue weighted by Crippen LogP contribution is 2.52. The largest absolute Gasteiger partial charge is 0.492 e. The molecule has 0 bridgehead atoms. The maximum atomic E-state index is 13.0. The van der Waals surface area contributed by atoms with Crippen LogP contribution in [0.1, 0.15) is 218 Å². The molecule has 5 heterocycles. The summed E-state index contributed by atoms with van der Waals surface area (Å²) in [6, 6.07) is 11.6. The first-order valence-corrected chi connectivity index (χ1v) is 35.7. The summed E-state index contributed by atoms with van der Waals surface area (Å²) in [4.78, 5) is 75.7. The van der Waals surface area contributed by atoms with Gasteiger partial charge in [0.1, 0.15) is 6.54 Å². The van der Waals surface area contributed by atoms with Crippen LogP contribution in [-0.2, 0) is 59.9 Å². The highest BCUT2D eigenvalue weighted by molar-refractivity contribution is 7.86. The van der Waals surface area contributed by atoms with Crippen LogP contribution in [0.15, 0.2) is 94.4 Å². The Kier molecular flexibility index (Phi) is 26.9. The highest BCUT2D eigenvalue weighted by atomic mass is 32.2. The van der Waals surface area contributed by atoms with Gasteiger partial charge in [-0.05, 0) is 120 Å². The zero-order valence-corrected chi connectivity index (χ0v) is 54.6. The monoisotopic (exact) mass is 1300 g/mol. The number of benzene rings is 2. The quantitative estimate of drug-likeness (QED) is 0.0398. The average molecular weight is 1300 g/mol. The second-order valence-electron chi connectivity index (χ2n) is 24.9. The number of anilines is 1. The van der Waals surface area contributed by atoms with Crippen LogP contribution in [0.5, 0.6) is 11.8 Å². The molecule has 0 radical (unpaired) electrons. The highest BCUT2D eigenvalue weighted by Gasteiger charge is 2.48. The van der Waals surface area contributed by atoms with Crippen molar-refractivity contribution in [1.82, 2.24) is 20.4 Å². The van der Waals surface area contributed by atoms with Gasteiger partial charge in [-0.3, -0.25) is 23.5 Å². The summed E-state index contributed by atoms with van der Waals surface area (Å²) < 4.78 is 74.6.